The minimum absolute atomic E-state index is 0.223. The van der Waals surface area contributed by atoms with Crippen molar-refractivity contribution >= 4 is 33.0 Å². The van der Waals surface area contributed by atoms with Crippen LogP contribution in [0.25, 0.3) is 17.0 Å². The lowest BCUT2D eigenvalue weighted by atomic mass is 10.1. The van der Waals surface area contributed by atoms with E-state index in [1.165, 1.54) is 16.2 Å². The number of nitrogens with zero attached hydrogens (tertiary/aromatic N) is 1. The summed E-state index contributed by atoms with van der Waals surface area (Å²) in [5.74, 6) is -1.03. The predicted molar refractivity (Wildman–Crippen MR) is 92.4 cm³/mol. The average Bonchev–Trinajstić information content (AvgIpc) is 2.97. The second kappa shape index (κ2) is 5.98. The Labute approximate surface area is 139 Å². The normalized spacial score (nSPS) is 12.0. The number of carbonyl (C=O) groups is 1. The molecule has 1 aromatic heterocycles. The Hall–Kier alpha value is -2.86. The minimum atomic E-state index is -3.67. The van der Waals surface area contributed by atoms with Gasteiger partial charge in [0.25, 0.3) is 10.0 Å². The zero-order valence-electron chi connectivity index (χ0n) is 12.9. The van der Waals surface area contributed by atoms with E-state index in [1.54, 1.807) is 48.5 Å². The van der Waals surface area contributed by atoms with E-state index >= 15 is 0 Å². The molecule has 122 valence electrons. The smallest absolute Gasteiger partial charge is 0.328 e. The zero-order valence-corrected chi connectivity index (χ0v) is 13.7. The molecule has 0 radical (unpaired) electrons. The molecule has 0 aliphatic carbocycles. The minimum Gasteiger partial charge on any atom is -0.478 e. The van der Waals surface area contributed by atoms with Crippen LogP contribution in [0.15, 0.2) is 65.7 Å². The van der Waals surface area contributed by atoms with Gasteiger partial charge in [0, 0.05) is 17.7 Å². The summed E-state index contributed by atoms with van der Waals surface area (Å²) in [5.41, 5.74) is 2.22. The van der Waals surface area contributed by atoms with E-state index in [2.05, 4.69) is 0 Å². The molecule has 0 saturated carbocycles. The quantitative estimate of drug-likeness (QED) is 0.739. The number of benzene rings is 2. The molecule has 0 fully saturated rings. The van der Waals surface area contributed by atoms with Gasteiger partial charge in [-0.3, -0.25) is 0 Å². The maximum atomic E-state index is 12.8. The number of carboxylic acids is 1. The molecule has 1 N–H and O–H groups in total. The number of rotatable bonds is 4. The van der Waals surface area contributed by atoms with E-state index < -0.39 is 16.0 Å². The average molecular weight is 341 g/mol. The Morgan fingerprint density at radius 2 is 1.79 bits per heavy atom. The Bertz CT molecular complexity index is 1040. The molecule has 2 aromatic carbocycles. The van der Waals surface area contributed by atoms with Crippen LogP contribution in [-0.2, 0) is 14.8 Å². The summed E-state index contributed by atoms with van der Waals surface area (Å²) in [6.07, 6.45) is 4.01. The van der Waals surface area contributed by atoms with Crippen LogP contribution in [0.2, 0.25) is 0 Å². The first-order chi connectivity index (χ1) is 11.4. The second-order valence-corrected chi connectivity index (χ2v) is 7.23. The number of carboxylic acid groups (broad SMARTS) is 1. The van der Waals surface area contributed by atoms with Crippen molar-refractivity contribution in [3.63, 3.8) is 0 Å². The summed E-state index contributed by atoms with van der Waals surface area (Å²) in [7, 11) is -3.67. The van der Waals surface area contributed by atoms with Crippen molar-refractivity contribution in [1.29, 1.82) is 0 Å². The van der Waals surface area contributed by atoms with E-state index in [9.17, 15) is 13.2 Å². The standard InChI is InChI=1S/C18H15NO4S/c1-13-2-6-16(7-3-13)24(22,23)19-11-10-15-12-14(4-8-17(15)19)5-9-18(20)21/h2-12H,1H3,(H,20,21). The summed E-state index contributed by atoms with van der Waals surface area (Å²) >= 11 is 0. The van der Waals surface area contributed by atoms with Crippen molar-refractivity contribution in [2.75, 3.05) is 0 Å². The molecule has 3 rings (SSSR count). The summed E-state index contributed by atoms with van der Waals surface area (Å²) in [5, 5.41) is 9.39. The molecule has 3 aromatic rings. The van der Waals surface area contributed by atoms with E-state index in [0.717, 1.165) is 17.0 Å². The van der Waals surface area contributed by atoms with Crippen LogP contribution < -0.4 is 0 Å². The van der Waals surface area contributed by atoms with Gasteiger partial charge in [-0.2, -0.15) is 0 Å². The number of aliphatic carboxylic acids is 1. The van der Waals surface area contributed by atoms with Gasteiger partial charge in [0.2, 0.25) is 0 Å². The number of hydrogen-bond acceptors (Lipinski definition) is 3. The number of aryl methyl sites for hydroxylation is 1. The van der Waals surface area contributed by atoms with Crippen LogP contribution in [0.3, 0.4) is 0 Å². The fourth-order valence-corrected chi connectivity index (χ4v) is 3.79. The van der Waals surface area contributed by atoms with E-state index in [-0.39, 0.29) is 4.90 Å². The third kappa shape index (κ3) is 2.96. The highest BCUT2D eigenvalue weighted by Gasteiger charge is 2.18. The topological polar surface area (TPSA) is 76.4 Å². The SMILES string of the molecule is Cc1ccc(S(=O)(=O)n2ccc3cc(C=CC(=O)O)ccc32)cc1. The van der Waals surface area contributed by atoms with Crippen LogP contribution in [0.1, 0.15) is 11.1 Å². The molecule has 24 heavy (non-hydrogen) atoms. The van der Waals surface area contributed by atoms with Crippen molar-refractivity contribution in [3.05, 3.63) is 71.9 Å². The Kier molecular flexibility index (Phi) is 3.99. The van der Waals surface area contributed by atoms with Gasteiger partial charge in [-0.05, 0) is 48.9 Å². The van der Waals surface area contributed by atoms with Gasteiger partial charge in [0.05, 0.1) is 10.4 Å². The third-order valence-electron chi connectivity index (χ3n) is 3.67. The molecule has 0 aliphatic heterocycles. The van der Waals surface area contributed by atoms with Crippen LogP contribution >= 0.6 is 0 Å². The van der Waals surface area contributed by atoms with Gasteiger partial charge in [-0.25, -0.2) is 17.2 Å². The largest absolute Gasteiger partial charge is 0.478 e. The molecule has 1 heterocycles. The lowest BCUT2D eigenvalue weighted by Crippen LogP contribution is -2.11. The zero-order chi connectivity index (χ0) is 17.3. The maximum absolute atomic E-state index is 12.8. The molecule has 0 amide bonds. The summed E-state index contributed by atoms with van der Waals surface area (Å²) in [6, 6.07) is 13.5. The van der Waals surface area contributed by atoms with Crippen molar-refractivity contribution in [3.8, 4) is 0 Å². The molecule has 0 aliphatic rings. The van der Waals surface area contributed by atoms with Crippen molar-refractivity contribution in [2.45, 2.75) is 11.8 Å². The number of aromatic nitrogens is 1. The van der Waals surface area contributed by atoms with E-state index in [4.69, 9.17) is 5.11 Å². The Balaban J connectivity index is 2.07. The first-order valence-electron chi connectivity index (χ1n) is 7.22. The van der Waals surface area contributed by atoms with Crippen LogP contribution in [0.5, 0.6) is 0 Å². The molecule has 5 nitrogen and oxygen atoms in total. The van der Waals surface area contributed by atoms with Crippen molar-refractivity contribution in [2.24, 2.45) is 0 Å². The lowest BCUT2D eigenvalue weighted by molar-refractivity contribution is -0.131. The lowest BCUT2D eigenvalue weighted by Gasteiger charge is -2.08. The molecule has 0 saturated heterocycles. The van der Waals surface area contributed by atoms with Crippen LogP contribution in [-0.4, -0.2) is 23.5 Å². The van der Waals surface area contributed by atoms with E-state index in [0.29, 0.717) is 11.1 Å². The van der Waals surface area contributed by atoms with Crippen LogP contribution in [0.4, 0.5) is 0 Å². The summed E-state index contributed by atoms with van der Waals surface area (Å²) in [6.45, 7) is 1.90. The molecule has 0 atom stereocenters. The fraction of sp³-hybridized carbons (Fsp3) is 0.0556. The monoisotopic (exact) mass is 341 g/mol. The molecule has 0 spiro atoms. The van der Waals surface area contributed by atoms with Gasteiger partial charge in [0.15, 0.2) is 0 Å². The fourth-order valence-electron chi connectivity index (χ4n) is 2.44. The third-order valence-corrected chi connectivity index (χ3v) is 5.38. The molecule has 0 bridgehead atoms. The second-order valence-electron chi connectivity index (χ2n) is 5.42. The van der Waals surface area contributed by atoms with Crippen molar-refractivity contribution in [1.82, 2.24) is 3.97 Å². The maximum Gasteiger partial charge on any atom is 0.328 e. The highest BCUT2D eigenvalue weighted by molar-refractivity contribution is 7.90. The molecular weight excluding hydrogens is 326 g/mol. The molecular formula is C18H15NO4S. The summed E-state index contributed by atoms with van der Waals surface area (Å²) < 4.78 is 26.8. The van der Waals surface area contributed by atoms with E-state index in [1.807, 2.05) is 6.92 Å². The molecule has 6 heteroatoms. The number of fused-ring (bicyclic) bond motifs is 1. The van der Waals surface area contributed by atoms with Gasteiger partial charge >= 0.3 is 5.97 Å². The van der Waals surface area contributed by atoms with Gasteiger partial charge in [-0.1, -0.05) is 23.8 Å². The number of hydrogen-bond donors (Lipinski definition) is 1. The highest BCUT2D eigenvalue weighted by Crippen LogP contribution is 2.24. The molecule has 0 unspecified atom stereocenters. The highest BCUT2D eigenvalue weighted by atomic mass is 32.2. The Morgan fingerprint density at radius 3 is 2.46 bits per heavy atom. The predicted octanol–water partition coefficient (Wildman–Crippen LogP) is 3.28. The van der Waals surface area contributed by atoms with Gasteiger partial charge in [-0.15, -0.1) is 0 Å². The van der Waals surface area contributed by atoms with Gasteiger partial charge < -0.3 is 5.11 Å². The summed E-state index contributed by atoms with van der Waals surface area (Å²) in [4.78, 5) is 10.8. The van der Waals surface area contributed by atoms with Crippen molar-refractivity contribution < 1.29 is 18.3 Å². The first-order valence-corrected chi connectivity index (χ1v) is 8.66. The van der Waals surface area contributed by atoms with Crippen LogP contribution in [0, 0.1) is 6.92 Å². The first kappa shape index (κ1) is 16.0. The van der Waals surface area contributed by atoms with Gasteiger partial charge in [0.1, 0.15) is 0 Å². The Morgan fingerprint density at radius 1 is 1.08 bits per heavy atom.